The number of nitrogens with zero attached hydrogens (tertiary/aromatic N) is 6. The van der Waals surface area contributed by atoms with Gasteiger partial charge in [0.15, 0.2) is 17.3 Å². The molecule has 192 valence electrons. The standard InChI is InChI=1S/C28H37FN6O/c1-5-23-22-18-24-30-26(34-15-9-10-16-34)25(29)27(35(24)31-22)32(3)14-8-6-7-11-20-13-12-19(2)17-21(20)28(36)33(23)4/h12-13,17-18,23H,5-11,14-16H2,1-4H3. The molecule has 1 unspecified atom stereocenters. The first kappa shape index (κ1) is 24.5. The molecule has 1 amide bonds. The van der Waals surface area contributed by atoms with E-state index in [1.165, 1.54) is 0 Å². The SMILES string of the molecule is CCC1c2cc3nc(N4CCCC4)c(F)c(n3n2)N(C)CCCCCc2ccc(C)cc2C(=O)N1C. The van der Waals surface area contributed by atoms with Gasteiger partial charge in [0.2, 0.25) is 5.82 Å². The fourth-order valence-corrected chi connectivity index (χ4v) is 5.67. The van der Waals surface area contributed by atoms with E-state index < -0.39 is 0 Å². The summed E-state index contributed by atoms with van der Waals surface area (Å²) in [5, 5.41) is 4.85. The molecule has 0 saturated carbocycles. The summed E-state index contributed by atoms with van der Waals surface area (Å²) >= 11 is 0. The fourth-order valence-electron chi connectivity index (χ4n) is 5.67. The van der Waals surface area contributed by atoms with Crippen molar-refractivity contribution in [2.45, 2.75) is 64.8 Å². The van der Waals surface area contributed by atoms with E-state index in [4.69, 9.17) is 10.1 Å². The van der Waals surface area contributed by atoms with Crippen molar-refractivity contribution in [3.05, 3.63) is 52.5 Å². The summed E-state index contributed by atoms with van der Waals surface area (Å²) in [5.74, 6) is 0.551. The van der Waals surface area contributed by atoms with Crippen LogP contribution in [-0.4, -0.2) is 59.1 Å². The molecule has 4 heterocycles. The second-order valence-corrected chi connectivity index (χ2v) is 10.3. The summed E-state index contributed by atoms with van der Waals surface area (Å²) in [6.07, 6.45) is 6.56. The number of fused-ring (bicyclic) bond motifs is 2. The average molecular weight is 493 g/mol. The van der Waals surface area contributed by atoms with Crippen molar-refractivity contribution in [1.29, 1.82) is 0 Å². The molecular weight excluding hydrogens is 455 g/mol. The zero-order chi connectivity index (χ0) is 25.4. The molecule has 2 aromatic heterocycles. The molecule has 0 spiro atoms. The van der Waals surface area contributed by atoms with Crippen LogP contribution in [0.15, 0.2) is 24.3 Å². The molecule has 1 atom stereocenters. The maximum Gasteiger partial charge on any atom is 0.254 e. The Kier molecular flexibility index (Phi) is 6.86. The third-order valence-electron chi connectivity index (χ3n) is 7.74. The van der Waals surface area contributed by atoms with Crippen LogP contribution in [0.2, 0.25) is 0 Å². The molecule has 2 aliphatic heterocycles. The molecule has 2 bridgehead atoms. The van der Waals surface area contributed by atoms with Crippen LogP contribution in [0, 0.1) is 12.7 Å². The van der Waals surface area contributed by atoms with Crippen LogP contribution in [0.3, 0.4) is 0 Å². The monoisotopic (exact) mass is 492 g/mol. The lowest BCUT2D eigenvalue weighted by Gasteiger charge is -2.27. The first-order valence-corrected chi connectivity index (χ1v) is 13.3. The van der Waals surface area contributed by atoms with E-state index in [0.29, 0.717) is 23.7 Å². The van der Waals surface area contributed by atoms with E-state index >= 15 is 4.39 Å². The predicted molar refractivity (Wildman–Crippen MR) is 142 cm³/mol. The van der Waals surface area contributed by atoms with Crippen molar-refractivity contribution in [2.75, 3.05) is 43.5 Å². The largest absolute Gasteiger partial charge is 0.357 e. The number of rotatable bonds is 2. The number of benzene rings is 1. The Morgan fingerprint density at radius 3 is 2.53 bits per heavy atom. The van der Waals surface area contributed by atoms with Crippen molar-refractivity contribution in [2.24, 2.45) is 0 Å². The number of halogens is 1. The Labute approximate surface area is 212 Å². The van der Waals surface area contributed by atoms with E-state index in [0.717, 1.165) is 80.5 Å². The number of amides is 1. The van der Waals surface area contributed by atoms with Gasteiger partial charge in [-0.3, -0.25) is 4.79 Å². The summed E-state index contributed by atoms with van der Waals surface area (Å²) in [6, 6.07) is 7.87. The topological polar surface area (TPSA) is 57.0 Å². The highest BCUT2D eigenvalue weighted by molar-refractivity contribution is 5.96. The molecule has 8 heteroatoms. The van der Waals surface area contributed by atoms with Gasteiger partial charge in [0.05, 0.1) is 11.7 Å². The predicted octanol–water partition coefficient (Wildman–Crippen LogP) is 5.16. The van der Waals surface area contributed by atoms with Gasteiger partial charge in [0, 0.05) is 45.4 Å². The summed E-state index contributed by atoms with van der Waals surface area (Å²) in [5.41, 5.74) is 4.30. The smallest absolute Gasteiger partial charge is 0.254 e. The third kappa shape index (κ3) is 4.42. The van der Waals surface area contributed by atoms with Gasteiger partial charge in [-0.25, -0.2) is 4.98 Å². The van der Waals surface area contributed by atoms with Crippen LogP contribution in [-0.2, 0) is 6.42 Å². The maximum atomic E-state index is 16.0. The molecule has 7 nitrogen and oxygen atoms in total. The van der Waals surface area contributed by atoms with Crippen molar-refractivity contribution < 1.29 is 9.18 Å². The lowest BCUT2D eigenvalue weighted by atomic mass is 9.97. The molecule has 1 fully saturated rings. The van der Waals surface area contributed by atoms with Crippen LogP contribution >= 0.6 is 0 Å². The van der Waals surface area contributed by atoms with Gasteiger partial charge < -0.3 is 14.7 Å². The van der Waals surface area contributed by atoms with Gasteiger partial charge in [0.25, 0.3) is 5.91 Å². The number of carbonyl (C=O) groups is 1. The summed E-state index contributed by atoms with van der Waals surface area (Å²) < 4.78 is 17.7. The molecule has 0 aliphatic carbocycles. The van der Waals surface area contributed by atoms with Gasteiger partial charge >= 0.3 is 0 Å². The zero-order valence-electron chi connectivity index (χ0n) is 21.9. The Bertz CT molecular complexity index is 1260. The second kappa shape index (κ2) is 10.1. The fraction of sp³-hybridized carbons (Fsp3) is 0.536. The molecule has 0 radical (unpaired) electrons. The Morgan fingerprint density at radius 2 is 1.78 bits per heavy atom. The molecular formula is C28H37FN6O. The van der Waals surface area contributed by atoms with Crippen molar-refractivity contribution >= 4 is 23.2 Å². The van der Waals surface area contributed by atoms with Gasteiger partial charge in [-0.2, -0.15) is 14.0 Å². The first-order valence-electron chi connectivity index (χ1n) is 13.3. The van der Waals surface area contributed by atoms with Gasteiger partial charge in [-0.1, -0.05) is 31.0 Å². The molecule has 36 heavy (non-hydrogen) atoms. The maximum absolute atomic E-state index is 16.0. The van der Waals surface area contributed by atoms with Crippen LogP contribution in [0.5, 0.6) is 0 Å². The number of hydrogen-bond donors (Lipinski definition) is 0. The Hall–Kier alpha value is -3.16. The van der Waals surface area contributed by atoms with Crippen molar-refractivity contribution in [1.82, 2.24) is 19.5 Å². The van der Waals surface area contributed by atoms with E-state index in [-0.39, 0.29) is 17.8 Å². The minimum Gasteiger partial charge on any atom is -0.357 e. The van der Waals surface area contributed by atoms with Crippen LogP contribution in [0.1, 0.15) is 78.7 Å². The molecule has 5 rings (SSSR count). The van der Waals surface area contributed by atoms with Gasteiger partial charge in [-0.05, 0) is 57.1 Å². The van der Waals surface area contributed by atoms with E-state index in [1.54, 1.807) is 9.42 Å². The number of hydrogen-bond acceptors (Lipinski definition) is 5. The molecule has 2 aliphatic rings. The van der Waals surface area contributed by atoms with Crippen molar-refractivity contribution in [3.63, 3.8) is 0 Å². The first-order chi connectivity index (χ1) is 17.4. The molecule has 1 saturated heterocycles. The van der Waals surface area contributed by atoms with E-state index in [9.17, 15) is 4.79 Å². The number of anilines is 2. The second-order valence-electron chi connectivity index (χ2n) is 10.3. The Balaban J connectivity index is 1.64. The van der Waals surface area contributed by atoms with Crippen molar-refractivity contribution in [3.8, 4) is 0 Å². The Morgan fingerprint density at radius 1 is 1.03 bits per heavy atom. The number of aromatic nitrogens is 3. The zero-order valence-corrected chi connectivity index (χ0v) is 21.9. The van der Waals surface area contributed by atoms with Gasteiger partial charge in [-0.15, -0.1) is 0 Å². The lowest BCUT2D eigenvalue weighted by Crippen LogP contribution is -2.32. The normalized spacial score (nSPS) is 19.6. The lowest BCUT2D eigenvalue weighted by molar-refractivity contribution is 0.0721. The van der Waals surface area contributed by atoms with E-state index in [1.807, 2.05) is 43.0 Å². The minimum absolute atomic E-state index is 0.00159. The number of carbonyl (C=O) groups excluding carboxylic acids is 1. The number of aryl methyl sites for hydroxylation is 2. The van der Waals surface area contributed by atoms with Crippen LogP contribution < -0.4 is 9.80 Å². The third-order valence-corrected chi connectivity index (χ3v) is 7.74. The van der Waals surface area contributed by atoms with Gasteiger partial charge in [0.1, 0.15) is 0 Å². The summed E-state index contributed by atoms with van der Waals surface area (Å²) in [7, 11) is 3.79. The highest BCUT2D eigenvalue weighted by atomic mass is 19.1. The minimum atomic E-state index is -0.314. The summed E-state index contributed by atoms with van der Waals surface area (Å²) in [6.45, 7) is 6.44. The molecule has 0 N–H and O–H groups in total. The highest BCUT2D eigenvalue weighted by Gasteiger charge is 2.29. The van der Waals surface area contributed by atoms with E-state index in [2.05, 4.69) is 19.1 Å². The molecule has 1 aromatic carbocycles. The quantitative estimate of drug-likeness (QED) is 0.494. The van der Waals surface area contributed by atoms with Crippen LogP contribution in [0.4, 0.5) is 16.0 Å². The summed E-state index contributed by atoms with van der Waals surface area (Å²) in [4.78, 5) is 24.3. The molecule has 3 aromatic rings. The van der Waals surface area contributed by atoms with Crippen LogP contribution in [0.25, 0.3) is 5.65 Å². The average Bonchev–Trinajstić information content (AvgIpc) is 3.53. The highest BCUT2D eigenvalue weighted by Crippen LogP contribution is 2.33.